The Kier molecular flexibility index (Phi) is 13.7. The topological polar surface area (TPSA) is 32.3 Å². The molecule has 2 atom stereocenters. The number of quaternary nitrogens is 1. The summed E-state index contributed by atoms with van der Waals surface area (Å²) in [6, 6.07) is 0. The Hall–Kier alpha value is -0.800. The van der Waals surface area contributed by atoms with Gasteiger partial charge in [-0.05, 0) is 39.0 Å². The highest BCUT2D eigenvalue weighted by Gasteiger charge is 2.35. The molecule has 0 amide bonds. The van der Waals surface area contributed by atoms with Crippen LogP contribution in [0.2, 0.25) is 0 Å². The Labute approximate surface area is 163 Å². The summed E-state index contributed by atoms with van der Waals surface area (Å²) in [5.74, 6) is 0. The van der Waals surface area contributed by atoms with Gasteiger partial charge in [0, 0.05) is 6.42 Å². The molecule has 2 N–H and O–H groups in total. The maximum Gasteiger partial charge on any atom is 0.166 e. The van der Waals surface area contributed by atoms with E-state index in [0.29, 0.717) is 6.17 Å². The van der Waals surface area contributed by atoms with Crippen molar-refractivity contribution in [1.82, 2.24) is 5.32 Å². The first-order valence-electron chi connectivity index (χ1n) is 11.3. The molecular weight excluding hydrogens is 320 g/mol. The van der Waals surface area contributed by atoms with Gasteiger partial charge in [0.15, 0.2) is 6.17 Å². The van der Waals surface area contributed by atoms with Crippen molar-refractivity contribution >= 4 is 0 Å². The van der Waals surface area contributed by atoms with Crippen LogP contribution in [0.5, 0.6) is 0 Å². The molecule has 0 radical (unpaired) electrons. The summed E-state index contributed by atoms with van der Waals surface area (Å²) in [6.45, 7) is 6.65. The molecule has 3 nitrogen and oxygen atoms in total. The Morgan fingerprint density at radius 2 is 1.50 bits per heavy atom. The van der Waals surface area contributed by atoms with Crippen LogP contribution in [-0.2, 0) is 0 Å². The molecule has 1 aliphatic rings. The van der Waals surface area contributed by atoms with E-state index in [1.807, 2.05) is 0 Å². The van der Waals surface area contributed by atoms with Gasteiger partial charge >= 0.3 is 0 Å². The Morgan fingerprint density at radius 3 is 2.12 bits per heavy atom. The number of aliphatic hydroxyl groups is 1. The molecule has 26 heavy (non-hydrogen) atoms. The Balaban J connectivity index is 1.95. The normalized spacial score (nSPS) is 22.3. The molecule has 0 saturated heterocycles. The lowest BCUT2D eigenvalue weighted by Gasteiger charge is -2.36. The van der Waals surface area contributed by atoms with Crippen LogP contribution in [0.15, 0.2) is 24.6 Å². The third-order valence-electron chi connectivity index (χ3n) is 5.88. The third-order valence-corrected chi connectivity index (χ3v) is 5.88. The van der Waals surface area contributed by atoms with E-state index in [4.69, 9.17) is 0 Å². The second-order valence-corrected chi connectivity index (χ2v) is 7.88. The van der Waals surface area contributed by atoms with Crippen LogP contribution >= 0.6 is 0 Å². The van der Waals surface area contributed by atoms with Gasteiger partial charge in [-0.25, -0.2) is 0 Å². The summed E-state index contributed by atoms with van der Waals surface area (Å²) in [6.07, 6.45) is 26.9. The molecule has 0 aromatic rings. The predicted molar refractivity (Wildman–Crippen MR) is 114 cm³/mol. The van der Waals surface area contributed by atoms with Gasteiger partial charge in [-0.2, -0.15) is 0 Å². The summed E-state index contributed by atoms with van der Waals surface area (Å²) in [5, 5.41) is 12.9. The van der Waals surface area contributed by atoms with Crippen molar-refractivity contribution < 1.29 is 9.59 Å². The first-order chi connectivity index (χ1) is 12.8. The number of allylic oxidation sites excluding steroid dienone is 2. The van der Waals surface area contributed by atoms with Crippen LogP contribution in [0, 0.1) is 0 Å². The maximum atomic E-state index is 9.35. The van der Waals surface area contributed by atoms with Crippen molar-refractivity contribution in [3.63, 3.8) is 0 Å². The van der Waals surface area contributed by atoms with Crippen LogP contribution in [0.4, 0.5) is 0 Å². The highest BCUT2D eigenvalue weighted by atomic mass is 16.3. The lowest BCUT2D eigenvalue weighted by Crippen LogP contribution is -2.54. The lowest BCUT2D eigenvalue weighted by atomic mass is 10.1. The molecule has 0 aliphatic carbocycles. The molecule has 0 fully saturated rings. The fourth-order valence-electron chi connectivity index (χ4n) is 4.03. The van der Waals surface area contributed by atoms with E-state index in [1.54, 1.807) is 0 Å². The molecule has 0 aromatic heterocycles. The highest BCUT2D eigenvalue weighted by molar-refractivity contribution is 4.84. The van der Waals surface area contributed by atoms with Crippen LogP contribution in [0.1, 0.15) is 97.3 Å². The van der Waals surface area contributed by atoms with Gasteiger partial charge in [0.05, 0.1) is 19.4 Å². The van der Waals surface area contributed by atoms with E-state index in [-0.39, 0.29) is 6.61 Å². The summed E-state index contributed by atoms with van der Waals surface area (Å²) in [5.41, 5.74) is 0. The predicted octanol–water partition coefficient (Wildman–Crippen LogP) is 5.86. The van der Waals surface area contributed by atoms with Crippen molar-refractivity contribution in [3.8, 4) is 0 Å². The number of likely N-dealkylation sites (N-methyl/N-ethyl adjacent to an activating group) is 1. The summed E-state index contributed by atoms with van der Waals surface area (Å²) < 4.78 is 0.903. The first kappa shape index (κ1) is 23.2. The number of hydrogen-bond acceptors (Lipinski definition) is 2. The SMILES string of the molecule is CCCCCCC/C=C/CCCCCCCC1NC=C[N+]1(CC)CCO. The third kappa shape index (κ3) is 9.23. The van der Waals surface area contributed by atoms with Crippen LogP contribution in [-0.4, -0.2) is 35.5 Å². The van der Waals surface area contributed by atoms with Crippen molar-refractivity contribution in [1.29, 1.82) is 0 Å². The van der Waals surface area contributed by atoms with Gasteiger partial charge in [-0.3, -0.25) is 4.48 Å². The zero-order chi connectivity index (χ0) is 18.9. The summed E-state index contributed by atoms with van der Waals surface area (Å²) in [7, 11) is 0. The van der Waals surface area contributed by atoms with E-state index in [1.165, 1.54) is 83.5 Å². The molecule has 0 aromatic carbocycles. The monoisotopic (exact) mass is 365 g/mol. The molecule has 1 aliphatic heterocycles. The summed E-state index contributed by atoms with van der Waals surface area (Å²) in [4.78, 5) is 0. The molecule has 0 spiro atoms. The van der Waals surface area contributed by atoms with E-state index >= 15 is 0 Å². The molecule has 1 heterocycles. The average Bonchev–Trinajstić information content (AvgIpc) is 3.05. The van der Waals surface area contributed by atoms with Gasteiger partial charge in [0.2, 0.25) is 0 Å². The minimum absolute atomic E-state index is 0.266. The quantitative estimate of drug-likeness (QED) is 0.192. The van der Waals surface area contributed by atoms with E-state index < -0.39 is 0 Å². The fourth-order valence-corrected chi connectivity index (χ4v) is 4.03. The summed E-state index contributed by atoms with van der Waals surface area (Å²) >= 11 is 0. The van der Waals surface area contributed by atoms with Crippen molar-refractivity contribution in [2.45, 2.75) is 103 Å². The highest BCUT2D eigenvalue weighted by Crippen LogP contribution is 2.22. The minimum atomic E-state index is 0.266. The molecule has 0 saturated carbocycles. The number of unbranched alkanes of at least 4 members (excludes halogenated alkanes) is 10. The van der Waals surface area contributed by atoms with Crippen molar-refractivity contribution in [2.75, 3.05) is 19.7 Å². The second-order valence-electron chi connectivity index (χ2n) is 7.88. The van der Waals surface area contributed by atoms with Crippen LogP contribution < -0.4 is 5.32 Å². The van der Waals surface area contributed by atoms with Gasteiger partial charge in [0.1, 0.15) is 12.7 Å². The number of nitrogens with one attached hydrogen (secondary N) is 1. The molecular formula is C23H45N2O+. The molecule has 152 valence electrons. The molecule has 0 bridgehead atoms. The second kappa shape index (κ2) is 15.3. The van der Waals surface area contributed by atoms with Gasteiger partial charge in [-0.1, -0.05) is 64.0 Å². The zero-order valence-corrected chi connectivity index (χ0v) is 17.6. The molecule has 3 heteroatoms. The Morgan fingerprint density at radius 1 is 0.885 bits per heavy atom. The Bertz CT molecular complexity index is 380. The smallest absolute Gasteiger partial charge is 0.166 e. The largest absolute Gasteiger partial charge is 0.390 e. The van der Waals surface area contributed by atoms with Crippen LogP contribution in [0.25, 0.3) is 0 Å². The van der Waals surface area contributed by atoms with E-state index in [2.05, 4.69) is 43.7 Å². The number of aliphatic hydroxyl groups excluding tert-OH is 1. The number of nitrogens with zero attached hydrogens (tertiary/aromatic N) is 1. The van der Waals surface area contributed by atoms with Crippen LogP contribution in [0.3, 0.4) is 0 Å². The van der Waals surface area contributed by atoms with Gasteiger partial charge in [0.25, 0.3) is 0 Å². The molecule has 2 unspecified atom stereocenters. The standard InChI is InChI=1S/C23H45N2O/c1-3-5-6-7-8-9-10-11-12-13-14-15-16-17-18-23-24-19-20-25(23,4-2)21-22-26/h10-11,19-20,23-24,26H,3-9,12-18,21-22H2,1-2H3/q+1/b11-10+. The van der Waals surface area contributed by atoms with Gasteiger partial charge in [-0.15, -0.1) is 0 Å². The number of rotatable bonds is 17. The van der Waals surface area contributed by atoms with Gasteiger partial charge < -0.3 is 10.4 Å². The first-order valence-corrected chi connectivity index (χ1v) is 11.3. The van der Waals surface area contributed by atoms with E-state index in [0.717, 1.165) is 17.6 Å². The minimum Gasteiger partial charge on any atom is -0.390 e. The zero-order valence-electron chi connectivity index (χ0n) is 17.6. The maximum absolute atomic E-state index is 9.35. The van der Waals surface area contributed by atoms with Crippen molar-refractivity contribution in [2.24, 2.45) is 0 Å². The number of hydrogen-bond donors (Lipinski definition) is 2. The fraction of sp³-hybridized carbons (Fsp3) is 0.826. The average molecular weight is 366 g/mol. The lowest BCUT2D eigenvalue weighted by molar-refractivity contribution is -0.900. The molecule has 1 rings (SSSR count). The van der Waals surface area contributed by atoms with E-state index in [9.17, 15) is 5.11 Å². The van der Waals surface area contributed by atoms with Crippen molar-refractivity contribution in [3.05, 3.63) is 24.6 Å².